The molecule has 0 radical (unpaired) electrons. The lowest BCUT2D eigenvalue weighted by Crippen LogP contribution is -2.32. The first-order chi connectivity index (χ1) is 8.63. The summed E-state index contributed by atoms with van der Waals surface area (Å²) in [6, 6.07) is 7.27. The molecule has 0 fully saturated rings. The molecule has 3 heteroatoms. The molecule has 1 rings (SSSR count). The summed E-state index contributed by atoms with van der Waals surface area (Å²) < 4.78 is 1.20. The highest BCUT2D eigenvalue weighted by atomic mass is 79.9. The summed E-state index contributed by atoms with van der Waals surface area (Å²) in [5, 5.41) is 3.36. The molecule has 0 aliphatic carbocycles. The van der Waals surface area contributed by atoms with E-state index in [1.54, 1.807) is 0 Å². The third kappa shape index (κ3) is 3.99. The maximum absolute atomic E-state index is 3.68. The third-order valence-corrected chi connectivity index (χ3v) is 4.14. The van der Waals surface area contributed by atoms with Gasteiger partial charge in [0.15, 0.2) is 0 Å². The minimum atomic E-state index is 0.585. The van der Waals surface area contributed by atoms with E-state index in [9.17, 15) is 0 Å². The fourth-order valence-corrected chi connectivity index (χ4v) is 2.59. The molecule has 0 aliphatic rings. The van der Waals surface area contributed by atoms with Gasteiger partial charge in [-0.15, -0.1) is 0 Å². The van der Waals surface area contributed by atoms with Crippen molar-refractivity contribution in [2.75, 3.05) is 18.0 Å². The van der Waals surface area contributed by atoms with Gasteiger partial charge in [-0.1, -0.05) is 35.8 Å². The second kappa shape index (κ2) is 7.80. The minimum absolute atomic E-state index is 0.585. The van der Waals surface area contributed by atoms with Crippen LogP contribution >= 0.6 is 15.9 Å². The van der Waals surface area contributed by atoms with Crippen molar-refractivity contribution in [3.8, 4) is 0 Å². The van der Waals surface area contributed by atoms with Crippen LogP contribution in [0.3, 0.4) is 0 Å². The monoisotopic (exact) mass is 312 g/mol. The van der Waals surface area contributed by atoms with Gasteiger partial charge in [-0.25, -0.2) is 0 Å². The molecule has 1 unspecified atom stereocenters. The summed E-state index contributed by atoms with van der Waals surface area (Å²) in [6.07, 6.45) is 1.17. The van der Waals surface area contributed by atoms with E-state index < -0.39 is 0 Å². The second-order valence-electron chi connectivity index (χ2n) is 4.60. The molecular weight excluding hydrogens is 288 g/mol. The number of nitrogens with zero attached hydrogens (tertiary/aromatic N) is 1. The zero-order chi connectivity index (χ0) is 13.5. The Morgan fingerprint density at radius 1 is 1.28 bits per heavy atom. The number of halogens is 1. The van der Waals surface area contributed by atoms with Gasteiger partial charge in [0.2, 0.25) is 0 Å². The number of rotatable bonds is 7. The maximum atomic E-state index is 3.68. The molecule has 102 valence electrons. The van der Waals surface area contributed by atoms with Gasteiger partial charge in [0.25, 0.3) is 0 Å². The van der Waals surface area contributed by atoms with Gasteiger partial charge < -0.3 is 10.2 Å². The highest BCUT2D eigenvalue weighted by Crippen LogP contribution is 2.26. The van der Waals surface area contributed by atoms with Crippen molar-refractivity contribution < 1.29 is 0 Å². The molecular formula is C15H25BrN2. The molecule has 0 spiro atoms. The van der Waals surface area contributed by atoms with Gasteiger partial charge in [-0.2, -0.15) is 0 Å². The maximum Gasteiger partial charge on any atom is 0.0380 e. The summed E-state index contributed by atoms with van der Waals surface area (Å²) in [5.41, 5.74) is 2.62. The molecule has 1 aromatic rings. The van der Waals surface area contributed by atoms with Crippen molar-refractivity contribution in [3.63, 3.8) is 0 Å². The Balaban J connectivity index is 2.87. The van der Waals surface area contributed by atoms with E-state index in [-0.39, 0.29) is 0 Å². The third-order valence-electron chi connectivity index (χ3n) is 3.40. The molecule has 0 heterocycles. The van der Waals surface area contributed by atoms with Gasteiger partial charge >= 0.3 is 0 Å². The number of hydrogen-bond acceptors (Lipinski definition) is 2. The first-order valence-electron chi connectivity index (χ1n) is 6.89. The highest BCUT2D eigenvalue weighted by Gasteiger charge is 2.12. The smallest absolute Gasteiger partial charge is 0.0380 e. The predicted octanol–water partition coefficient (Wildman–Crippen LogP) is 4.18. The average molecular weight is 313 g/mol. The normalized spacial score (nSPS) is 12.5. The molecule has 18 heavy (non-hydrogen) atoms. The first kappa shape index (κ1) is 15.5. The Bertz CT molecular complexity index is 366. The molecule has 2 nitrogen and oxygen atoms in total. The molecule has 0 saturated carbocycles. The van der Waals surface area contributed by atoms with Crippen LogP contribution in [0.5, 0.6) is 0 Å². The molecule has 1 N–H and O–H groups in total. The Labute approximate surface area is 120 Å². The lowest BCUT2D eigenvalue weighted by Gasteiger charge is -2.30. The largest absolute Gasteiger partial charge is 0.369 e. The minimum Gasteiger partial charge on any atom is -0.369 e. The summed E-state index contributed by atoms with van der Waals surface area (Å²) in [6.45, 7) is 11.8. The van der Waals surface area contributed by atoms with Crippen molar-refractivity contribution in [2.45, 2.75) is 46.7 Å². The summed E-state index contributed by atoms with van der Waals surface area (Å²) in [4.78, 5) is 2.45. The van der Waals surface area contributed by atoms with E-state index in [1.165, 1.54) is 22.1 Å². The van der Waals surface area contributed by atoms with Crippen molar-refractivity contribution in [1.82, 2.24) is 5.32 Å². The Kier molecular flexibility index (Phi) is 6.72. The van der Waals surface area contributed by atoms with Crippen LogP contribution < -0.4 is 10.2 Å². The van der Waals surface area contributed by atoms with Gasteiger partial charge in [-0.05, 0) is 44.5 Å². The standard InChI is InChI=1S/C15H25BrN2/c1-5-12(4)18(7-3)14-9-8-13(11-17-6-2)15(16)10-14/h8-10,12,17H,5-7,11H2,1-4H3. The van der Waals surface area contributed by atoms with E-state index in [2.05, 4.69) is 72.0 Å². The highest BCUT2D eigenvalue weighted by molar-refractivity contribution is 9.10. The van der Waals surface area contributed by atoms with Crippen LogP contribution in [0, 0.1) is 0 Å². The van der Waals surface area contributed by atoms with Gasteiger partial charge in [0.05, 0.1) is 0 Å². The molecule has 0 aliphatic heterocycles. The topological polar surface area (TPSA) is 15.3 Å². The van der Waals surface area contributed by atoms with Crippen LogP contribution in [-0.4, -0.2) is 19.1 Å². The van der Waals surface area contributed by atoms with E-state index in [4.69, 9.17) is 0 Å². The molecule has 0 amide bonds. The van der Waals surface area contributed by atoms with E-state index in [1.807, 2.05) is 0 Å². The lowest BCUT2D eigenvalue weighted by atomic mass is 10.1. The fourth-order valence-electron chi connectivity index (χ4n) is 2.09. The SMILES string of the molecule is CCNCc1ccc(N(CC)C(C)CC)cc1Br. The molecule has 0 aromatic heterocycles. The Hall–Kier alpha value is -0.540. The van der Waals surface area contributed by atoms with E-state index in [0.29, 0.717) is 6.04 Å². The molecule has 0 bridgehead atoms. The molecule has 1 aromatic carbocycles. The lowest BCUT2D eigenvalue weighted by molar-refractivity contribution is 0.629. The van der Waals surface area contributed by atoms with Gasteiger partial charge in [-0.3, -0.25) is 0 Å². The number of hydrogen-bond donors (Lipinski definition) is 1. The quantitative estimate of drug-likeness (QED) is 0.812. The van der Waals surface area contributed by atoms with Gasteiger partial charge in [0.1, 0.15) is 0 Å². The summed E-state index contributed by atoms with van der Waals surface area (Å²) >= 11 is 3.68. The Morgan fingerprint density at radius 2 is 2.00 bits per heavy atom. The first-order valence-corrected chi connectivity index (χ1v) is 7.69. The number of nitrogens with one attached hydrogen (secondary N) is 1. The Morgan fingerprint density at radius 3 is 2.50 bits per heavy atom. The number of benzene rings is 1. The van der Waals surface area contributed by atoms with Crippen molar-refractivity contribution in [3.05, 3.63) is 28.2 Å². The van der Waals surface area contributed by atoms with Gasteiger partial charge in [0, 0.05) is 29.3 Å². The summed E-state index contributed by atoms with van der Waals surface area (Å²) in [7, 11) is 0. The zero-order valence-electron chi connectivity index (χ0n) is 12.0. The zero-order valence-corrected chi connectivity index (χ0v) is 13.5. The molecule has 1 atom stereocenters. The van der Waals surface area contributed by atoms with Crippen molar-refractivity contribution in [2.24, 2.45) is 0 Å². The van der Waals surface area contributed by atoms with E-state index in [0.717, 1.165) is 19.6 Å². The fraction of sp³-hybridized carbons (Fsp3) is 0.600. The average Bonchev–Trinajstić information content (AvgIpc) is 2.38. The second-order valence-corrected chi connectivity index (χ2v) is 5.45. The van der Waals surface area contributed by atoms with E-state index >= 15 is 0 Å². The predicted molar refractivity (Wildman–Crippen MR) is 84.3 cm³/mol. The van der Waals surface area contributed by atoms with Crippen LogP contribution in [0.25, 0.3) is 0 Å². The van der Waals surface area contributed by atoms with Crippen molar-refractivity contribution in [1.29, 1.82) is 0 Å². The van der Waals surface area contributed by atoms with Crippen LogP contribution in [0.2, 0.25) is 0 Å². The van der Waals surface area contributed by atoms with Crippen LogP contribution in [0.4, 0.5) is 5.69 Å². The molecule has 0 saturated heterocycles. The van der Waals surface area contributed by atoms with Crippen molar-refractivity contribution >= 4 is 21.6 Å². The van der Waals surface area contributed by atoms with Crippen LogP contribution in [0.15, 0.2) is 22.7 Å². The summed E-state index contributed by atoms with van der Waals surface area (Å²) in [5.74, 6) is 0. The number of anilines is 1. The van der Waals surface area contributed by atoms with Crippen LogP contribution in [0.1, 0.15) is 39.7 Å². The van der Waals surface area contributed by atoms with Crippen LogP contribution in [-0.2, 0) is 6.54 Å².